The molecule has 1 aromatic heterocycles. The predicted octanol–water partition coefficient (Wildman–Crippen LogP) is 3.57. The van der Waals surface area contributed by atoms with E-state index in [0.717, 1.165) is 48.2 Å². The van der Waals surface area contributed by atoms with E-state index < -0.39 is 0 Å². The van der Waals surface area contributed by atoms with Gasteiger partial charge in [0.05, 0.1) is 5.69 Å². The predicted molar refractivity (Wildman–Crippen MR) is 87.9 cm³/mol. The van der Waals surface area contributed by atoms with Gasteiger partial charge in [0.25, 0.3) is 0 Å². The molecule has 1 saturated heterocycles. The topological polar surface area (TPSA) is 52.6 Å². The molecule has 0 unspecified atom stereocenters. The fourth-order valence-corrected chi connectivity index (χ4v) is 3.78. The summed E-state index contributed by atoms with van der Waals surface area (Å²) in [5.41, 5.74) is 2.26. The molecule has 23 heavy (non-hydrogen) atoms. The van der Waals surface area contributed by atoms with Crippen LogP contribution >= 0.6 is 11.3 Å². The Labute approximate surface area is 139 Å². The Morgan fingerprint density at radius 2 is 2.26 bits per heavy atom. The molecule has 4 rings (SSSR count). The van der Waals surface area contributed by atoms with Gasteiger partial charge in [-0.1, -0.05) is 6.07 Å². The lowest BCUT2D eigenvalue weighted by Crippen LogP contribution is -2.18. The summed E-state index contributed by atoms with van der Waals surface area (Å²) in [6.45, 7) is 4.06. The van der Waals surface area contributed by atoms with Crippen LogP contribution in [-0.4, -0.2) is 18.4 Å². The van der Waals surface area contributed by atoms with Gasteiger partial charge >= 0.3 is 0 Å². The van der Waals surface area contributed by atoms with E-state index in [-0.39, 0.29) is 12.1 Å². The Bertz CT molecular complexity index is 682. The largest absolute Gasteiger partial charge is 0.454 e. The first kappa shape index (κ1) is 14.9. The van der Waals surface area contributed by atoms with Crippen molar-refractivity contribution >= 4 is 11.3 Å². The summed E-state index contributed by atoms with van der Waals surface area (Å²) in [4.78, 5) is 4.70. The molecule has 0 aliphatic carbocycles. The van der Waals surface area contributed by atoms with Crippen molar-refractivity contribution < 1.29 is 14.2 Å². The van der Waals surface area contributed by atoms with Crippen LogP contribution in [-0.2, 0) is 11.3 Å². The first-order valence-corrected chi connectivity index (χ1v) is 8.86. The summed E-state index contributed by atoms with van der Waals surface area (Å²) < 4.78 is 16.5. The highest BCUT2D eigenvalue weighted by Crippen LogP contribution is 2.34. The highest BCUT2D eigenvalue weighted by Gasteiger charge is 2.21. The molecule has 0 saturated carbocycles. The van der Waals surface area contributed by atoms with Gasteiger partial charge in [-0.05, 0) is 37.5 Å². The number of hydrogen-bond donors (Lipinski definition) is 1. The number of nitrogens with one attached hydrogen (secondary N) is 1. The van der Waals surface area contributed by atoms with Gasteiger partial charge in [-0.3, -0.25) is 0 Å². The van der Waals surface area contributed by atoms with Crippen LogP contribution < -0.4 is 14.8 Å². The second-order valence-electron chi connectivity index (χ2n) is 5.89. The van der Waals surface area contributed by atoms with Gasteiger partial charge in [0, 0.05) is 24.6 Å². The minimum Gasteiger partial charge on any atom is -0.454 e. The fraction of sp³-hybridized carbons (Fsp3) is 0.471. The van der Waals surface area contributed by atoms with Crippen molar-refractivity contribution in [3.05, 3.63) is 39.8 Å². The minimum atomic E-state index is 0.208. The van der Waals surface area contributed by atoms with Crippen LogP contribution in [0.25, 0.3) is 0 Å². The third-order valence-corrected chi connectivity index (χ3v) is 5.25. The SMILES string of the molecule is C[C@H](NCc1csc([C@@H]2CCCO2)n1)c1ccc2c(c1)OCO2. The molecule has 1 aromatic carbocycles. The summed E-state index contributed by atoms with van der Waals surface area (Å²) in [6.07, 6.45) is 2.44. The number of hydrogen-bond acceptors (Lipinski definition) is 6. The number of nitrogens with zero attached hydrogens (tertiary/aromatic N) is 1. The maximum absolute atomic E-state index is 5.69. The molecule has 2 aromatic rings. The maximum atomic E-state index is 5.69. The number of benzene rings is 1. The molecular formula is C17H20N2O3S. The van der Waals surface area contributed by atoms with Gasteiger partial charge in [-0.15, -0.1) is 11.3 Å². The molecule has 0 amide bonds. The molecule has 1 N–H and O–H groups in total. The van der Waals surface area contributed by atoms with E-state index in [1.165, 1.54) is 5.56 Å². The van der Waals surface area contributed by atoms with E-state index >= 15 is 0 Å². The quantitative estimate of drug-likeness (QED) is 0.907. The van der Waals surface area contributed by atoms with Crippen molar-refractivity contribution in [1.82, 2.24) is 10.3 Å². The van der Waals surface area contributed by atoms with Crippen LogP contribution in [0.4, 0.5) is 0 Å². The van der Waals surface area contributed by atoms with Crippen LogP contribution in [0.2, 0.25) is 0 Å². The van der Waals surface area contributed by atoms with Crippen molar-refractivity contribution in [1.29, 1.82) is 0 Å². The Hall–Kier alpha value is -1.63. The summed E-state index contributed by atoms with van der Waals surface area (Å²) in [6, 6.07) is 6.30. The highest BCUT2D eigenvalue weighted by atomic mass is 32.1. The second-order valence-corrected chi connectivity index (χ2v) is 6.78. The van der Waals surface area contributed by atoms with E-state index in [0.29, 0.717) is 6.79 Å². The average molecular weight is 332 g/mol. The lowest BCUT2D eigenvalue weighted by atomic mass is 10.1. The molecule has 5 nitrogen and oxygen atoms in total. The number of fused-ring (bicyclic) bond motifs is 1. The zero-order valence-electron chi connectivity index (χ0n) is 13.1. The average Bonchev–Trinajstić information content (AvgIpc) is 3.32. The van der Waals surface area contributed by atoms with Crippen molar-refractivity contribution in [3.8, 4) is 11.5 Å². The summed E-state index contributed by atoms with van der Waals surface area (Å²) in [7, 11) is 0. The second kappa shape index (κ2) is 6.47. The van der Waals surface area contributed by atoms with Gasteiger partial charge in [0.2, 0.25) is 6.79 Å². The molecule has 2 aliphatic heterocycles. The standard InChI is InChI=1S/C17H20N2O3S/c1-11(12-4-5-14-16(7-12)22-10-21-14)18-8-13-9-23-17(19-13)15-3-2-6-20-15/h4-5,7,9,11,15,18H,2-3,6,8,10H2,1H3/t11-,15-/m0/s1. The zero-order chi connectivity index (χ0) is 15.6. The molecule has 0 radical (unpaired) electrons. The number of thiazole rings is 1. The highest BCUT2D eigenvalue weighted by molar-refractivity contribution is 7.09. The maximum Gasteiger partial charge on any atom is 0.231 e. The van der Waals surface area contributed by atoms with E-state index in [9.17, 15) is 0 Å². The molecule has 122 valence electrons. The van der Waals surface area contributed by atoms with E-state index in [1.807, 2.05) is 12.1 Å². The van der Waals surface area contributed by atoms with E-state index in [4.69, 9.17) is 19.2 Å². The normalized spacial score (nSPS) is 20.8. The smallest absolute Gasteiger partial charge is 0.231 e. The van der Waals surface area contributed by atoms with Crippen LogP contribution in [0.3, 0.4) is 0 Å². The number of rotatable bonds is 5. The van der Waals surface area contributed by atoms with Crippen LogP contribution in [0.5, 0.6) is 11.5 Å². The van der Waals surface area contributed by atoms with Crippen molar-refractivity contribution in [2.24, 2.45) is 0 Å². The van der Waals surface area contributed by atoms with Crippen LogP contribution in [0.15, 0.2) is 23.6 Å². The summed E-state index contributed by atoms with van der Waals surface area (Å²) in [5.74, 6) is 1.65. The van der Waals surface area contributed by atoms with Crippen molar-refractivity contribution in [2.75, 3.05) is 13.4 Å². The lowest BCUT2D eigenvalue weighted by Gasteiger charge is -2.14. The Balaban J connectivity index is 1.37. The molecule has 3 heterocycles. The van der Waals surface area contributed by atoms with Gasteiger partial charge in [-0.25, -0.2) is 4.98 Å². The molecule has 0 bridgehead atoms. The van der Waals surface area contributed by atoms with Gasteiger partial charge < -0.3 is 19.5 Å². The van der Waals surface area contributed by atoms with Crippen LogP contribution in [0.1, 0.15) is 48.2 Å². The van der Waals surface area contributed by atoms with Crippen LogP contribution in [0, 0.1) is 0 Å². The lowest BCUT2D eigenvalue weighted by molar-refractivity contribution is 0.111. The minimum absolute atomic E-state index is 0.208. The summed E-state index contributed by atoms with van der Waals surface area (Å²) in [5, 5.41) is 6.75. The summed E-state index contributed by atoms with van der Waals surface area (Å²) >= 11 is 1.70. The first-order valence-electron chi connectivity index (χ1n) is 7.98. The van der Waals surface area contributed by atoms with E-state index in [2.05, 4.69) is 23.7 Å². The van der Waals surface area contributed by atoms with Gasteiger partial charge in [-0.2, -0.15) is 0 Å². The third kappa shape index (κ3) is 3.20. The van der Waals surface area contributed by atoms with E-state index in [1.54, 1.807) is 11.3 Å². The fourth-order valence-electron chi connectivity index (χ4n) is 2.88. The molecule has 0 spiro atoms. The Kier molecular flexibility index (Phi) is 4.20. The van der Waals surface area contributed by atoms with Crippen molar-refractivity contribution in [2.45, 2.75) is 38.5 Å². The molecule has 2 aliphatic rings. The molecule has 2 atom stereocenters. The zero-order valence-corrected chi connectivity index (χ0v) is 13.9. The van der Waals surface area contributed by atoms with Gasteiger partial charge in [0.1, 0.15) is 11.1 Å². The third-order valence-electron chi connectivity index (χ3n) is 4.26. The van der Waals surface area contributed by atoms with Crippen molar-refractivity contribution in [3.63, 3.8) is 0 Å². The Morgan fingerprint density at radius 1 is 1.35 bits per heavy atom. The monoisotopic (exact) mass is 332 g/mol. The van der Waals surface area contributed by atoms with Gasteiger partial charge in [0.15, 0.2) is 11.5 Å². The molecule has 1 fully saturated rings. The molecular weight excluding hydrogens is 312 g/mol. The first-order chi connectivity index (χ1) is 11.3. The number of ether oxygens (including phenoxy) is 3. The Morgan fingerprint density at radius 3 is 3.13 bits per heavy atom. The number of aromatic nitrogens is 1. The molecule has 6 heteroatoms.